The van der Waals surface area contributed by atoms with Crippen molar-refractivity contribution in [2.75, 3.05) is 32.0 Å². The SMILES string of the molecule is CC(N)C1CN(CCS(=O)(=O)c2ccc(Br)cc2)CCO1. The number of nitrogens with two attached hydrogens (primary N) is 1. The van der Waals surface area contributed by atoms with Crippen molar-refractivity contribution in [1.82, 2.24) is 4.90 Å². The highest BCUT2D eigenvalue weighted by Gasteiger charge is 2.24. The van der Waals surface area contributed by atoms with Gasteiger partial charge in [-0.05, 0) is 31.2 Å². The Bertz CT molecular complexity index is 560. The van der Waals surface area contributed by atoms with Crippen molar-refractivity contribution in [3.63, 3.8) is 0 Å². The predicted molar refractivity (Wildman–Crippen MR) is 86.0 cm³/mol. The first-order valence-electron chi connectivity index (χ1n) is 6.96. The lowest BCUT2D eigenvalue weighted by molar-refractivity contribution is -0.0356. The molecule has 1 heterocycles. The van der Waals surface area contributed by atoms with Gasteiger partial charge in [0.1, 0.15) is 0 Å². The van der Waals surface area contributed by atoms with Crippen LogP contribution in [0.5, 0.6) is 0 Å². The summed E-state index contributed by atoms with van der Waals surface area (Å²) < 4.78 is 31.1. The van der Waals surface area contributed by atoms with Crippen LogP contribution in [0.15, 0.2) is 33.6 Å². The second-order valence-corrected chi connectivity index (χ2v) is 8.37. The van der Waals surface area contributed by atoms with E-state index in [2.05, 4.69) is 20.8 Å². The molecule has 1 saturated heterocycles. The topological polar surface area (TPSA) is 72.6 Å². The van der Waals surface area contributed by atoms with Gasteiger partial charge in [-0.25, -0.2) is 8.42 Å². The average molecular weight is 377 g/mol. The van der Waals surface area contributed by atoms with Gasteiger partial charge >= 0.3 is 0 Å². The zero-order valence-electron chi connectivity index (χ0n) is 12.0. The smallest absolute Gasteiger partial charge is 0.179 e. The van der Waals surface area contributed by atoms with Gasteiger partial charge in [-0.15, -0.1) is 0 Å². The molecule has 118 valence electrons. The van der Waals surface area contributed by atoms with Crippen molar-refractivity contribution >= 4 is 25.8 Å². The number of nitrogens with zero attached hydrogens (tertiary/aromatic N) is 1. The molecule has 1 aromatic carbocycles. The fraction of sp³-hybridized carbons (Fsp3) is 0.571. The Labute approximate surface area is 134 Å². The molecule has 0 amide bonds. The third kappa shape index (κ3) is 4.75. The quantitative estimate of drug-likeness (QED) is 0.837. The first kappa shape index (κ1) is 16.9. The summed E-state index contributed by atoms with van der Waals surface area (Å²) in [4.78, 5) is 2.47. The summed E-state index contributed by atoms with van der Waals surface area (Å²) in [7, 11) is -3.25. The number of ether oxygens (including phenoxy) is 1. The Balaban J connectivity index is 1.94. The second kappa shape index (κ2) is 7.19. The van der Waals surface area contributed by atoms with Crippen LogP contribution in [0.4, 0.5) is 0 Å². The van der Waals surface area contributed by atoms with E-state index < -0.39 is 9.84 Å². The fourth-order valence-electron chi connectivity index (χ4n) is 2.26. The number of sulfone groups is 1. The monoisotopic (exact) mass is 376 g/mol. The maximum Gasteiger partial charge on any atom is 0.179 e. The molecule has 2 unspecified atom stereocenters. The van der Waals surface area contributed by atoms with Crippen molar-refractivity contribution in [1.29, 1.82) is 0 Å². The highest BCUT2D eigenvalue weighted by molar-refractivity contribution is 9.10. The zero-order chi connectivity index (χ0) is 15.5. The molecule has 0 bridgehead atoms. The van der Waals surface area contributed by atoms with Gasteiger partial charge in [0.25, 0.3) is 0 Å². The minimum atomic E-state index is -3.25. The van der Waals surface area contributed by atoms with Gasteiger partial charge in [-0.1, -0.05) is 15.9 Å². The molecule has 21 heavy (non-hydrogen) atoms. The summed E-state index contributed by atoms with van der Waals surface area (Å²) in [5, 5.41) is 0. The minimum Gasteiger partial charge on any atom is -0.374 e. The number of halogens is 1. The average Bonchev–Trinajstić information content (AvgIpc) is 2.46. The molecule has 0 aliphatic carbocycles. The van der Waals surface area contributed by atoms with Crippen molar-refractivity contribution in [3.05, 3.63) is 28.7 Å². The molecule has 1 aromatic rings. The highest BCUT2D eigenvalue weighted by Crippen LogP contribution is 2.16. The Hall–Kier alpha value is -0.470. The predicted octanol–water partition coefficient (Wildman–Crippen LogP) is 1.27. The number of rotatable bonds is 5. The van der Waals surface area contributed by atoms with Gasteiger partial charge in [0.05, 0.1) is 23.4 Å². The lowest BCUT2D eigenvalue weighted by Crippen LogP contribution is -2.50. The molecular weight excluding hydrogens is 356 g/mol. The van der Waals surface area contributed by atoms with Gasteiger partial charge in [0.15, 0.2) is 9.84 Å². The summed E-state index contributed by atoms with van der Waals surface area (Å²) in [5.41, 5.74) is 5.84. The van der Waals surface area contributed by atoms with Crippen LogP contribution in [0, 0.1) is 0 Å². The summed E-state index contributed by atoms with van der Waals surface area (Å²) in [6.07, 6.45) is -0.0193. The third-order valence-electron chi connectivity index (χ3n) is 3.61. The van der Waals surface area contributed by atoms with Gasteiger partial charge in [-0.3, -0.25) is 4.90 Å². The van der Waals surface area contributed by atoms with E-state index in [1.165, 1.54) is 0 Å². The largest absolute Gasteiger partial charge is 0.374 e. The summed E-state index contributed by atoms with van der Waals surface area (Å²) >= 11 is 3.31. The van der Waals surface area contributed by atoms with Crippen molar-refractivity contribution in [2.24, 2.45) is 5.73 Å². The highest BCUT2D eigenvalue weighted by atomic mass is 79.9. The summed E-state index contributed by atoms with van der Waals surface area (Å²) in [6, 6.07) is 6.70. The van der Waals surface area contributed by atoms with Crippen LogP contribution in [0.2, 0.25) is 0 Å². The summed E-state index contributed by atoms with van der Waals surface area (Å²) in [5.74, 6) is 0.111. The molecule has 0 saturated carbocycles. The molecule has 7 heteroatoms. The van der Waals surface area contributed by atoms with Crippen molar-refractivity contribution in [3.8, 4) is 0 Å². The number of benzene rings is 1. The van der Waals surface area contributed by atoms with E-state index in [9.17, 15) is 8.42 Å². The Morgan fingerprint density at radius 2 is 2.10 bits per heavy atom. The molecule has 2 N–H and O–H groups in total. The van der Waals surface area contributed by atoms with E-state index in [0.29, 0.717) is 24.6 Å². The van der Waals surface area contributed by atoms with Crippen LogP contribution in [0.1, 0.15) is 6.92 Å². The van der Waals surface area contributed by atoms with Gasteiger partial charge < -0.3 is 10.5 Å². The molecule has 2 atom stereocenters. The van der Waals surface area contributed by atoms with Crippen molar-refractivity contribution < 1.29 is 13.2 Å². The number of hydrogen-bond acceptors (Lipinski definition) is 5. The van der Waals surface area contributed by atoms with Crippen LogP contribution in [0.25, 0.3) is 0 Å². The van der Waals surface area contributed by atoms with Crippen LogP contribution in [-0.4, -0.2) is 57.5 Å². The molecule has 1 aliphatic rings. The lowest BCUT2D eigenvalue weighted by atomic mass is 10.1. The zero-order valence-corrected chi connectivity index (χ0v) is 14.4. The van der Waals surface area contributed by atoms with Gasteiger partial charge in [-0.2, -0.15) is 0 Å². The Morgan fingerprint density at radius 3 is 2.71 bits per heavy atom. The number of hydrogen-bond donors (Lipinski definition) is 1. The maximum atomic E-state index is 12.3. The molecule has 1 fully saturated rings. The third-order valence-corrected chi connectivity index (χ3v) is 5.85. The van der Waals surface area contributed by atoms with E-state index in [1.54, 1.807) is 24.3 Å². The molecule has 1 aliphatic heterocycles. The summed E-state index contributed by atoms with van der Waals surface area (Å²) in [6.45, 7) is 4.45. The van der Waals surface area contributed by atoms with Crippen LogP contribution >= 0.6 is 15.9 Å². The van der Waals surface area contributed by atoms with Crippen molar-refractivity contribution in [2.45, 2.75) is 24.0 Å². The van der Waals surface area contributed by atoms with E-state index in [1.807, 2.05) is 6.92 Å². The molecule has 5 nitrogen and oxygen atoms in total. The van der Waals surface area contributed by atoms with E-state index >= 15 is 0 Å². The molecule has 0 radical (unpaired) electrons. The Morgan fingerprint density at radius 1 is 1.43 bits per heavy atom. The maximum absolute atomic E-state index is 12.3. The first-order chi connectivity index (χ1) is 9.88. The molecule has 0 aromatic heterocycles. The second-order valence-electron chi connectivity index (χ2n) is 5.34. The number of morpholine rings is 1. The van der Waals surface area contributed by atoms with E-state index in [4.69, 9.17) is 10.5 Å². The lowest BCUT2D eigenvalue weighted by Gasteiger charge is -2.34. The standard InChI is InChI=1S/C14H21BrN2O3S/c1-11(16)14-10-17(6-8-20-14)7-9-21(18,19)13-4-2-12(15)3-5-13/h2-5,11,14H,6-10,16H2,1H3. The van der Waals surface area contributed by atoms with E-state index in [-0.39, 0.29) is 17.9 Å². The van der Waals surface area contributed by atoms with Crippen LogP contribution in [0.3, 0.4) is 0 Å². The van der Waals surface area contributed by atoms with Gasteiger partial charge in [0, 0.05) is 30.1 Å². The van der Waals surface area contributed by atoms with Crippen LogP contribution in [-0.2, 0) is 14.6 Å². The first-order valence-corrected chi connectivity index (χ1v) is 9.41. The fourth-order valence-corrected chi connectivity index (χ4v) is 3.81. The van der Waals surface area contributed by atoms with Crippen LogP contribution < -0.4 is 5.73 Å². The van der Waals surface area contributed by atoms with Gasteiger partial charge in [0.2, 0.25) is 0 Å². The molecule has 2 rings (SSSR count). The minimum absolute atomic E-state index is 0.0193. The van der Waals surface area contributed by atoms with E-state index in [0.717, 1.165) is 11.0 Å². The normalized spacial score (nSPS) is 22.1. The Kier molecular flexibility index (Phi) is 5.79. The molecular formula is C14H21BrN2O3S. The molecule has 0 spiro atoms.